The molecular weight excluding hydrogens is 300 g/mol. The molecule has 1 amide bonds. The highest BCUT2D eigenvalue weighted by Crippen LogP contribution is 2.15. The molecule has 0 atom stereocenters. The van der Waals surface area contributed by atoms with Crippen LogP contribution in [-0.2, 0) is 11.3 Å². The highest BCUT2D eigenvalue weighted by Gasteiger charge is 2.34. The van der Waals surface area contributed by atoms with Crippen molar-refractivity contribution in [3.8, 4) is 0 Å². The Bertz CT molecular complexity index is 516. The van der Waals surface area contributed by atoms with Crippen LogP contribution in [-0.4, -0.2) is 48.7 Å². The summed E-state index contributed by atoms with van der Waals surface area (Å²) in [4.78, 5) is 17.7. The van der Waals surface area contributed by atoms with E-state index in [0.717, 1.165) is 12.5 Å². The van der Waals surface area contributed by atoms with E-state index in [1.807, 2.05) is 20.8 Å². The number of aliphatic imine (C=N–C) groups is 1. The number of ether oxygens (including phenoxy) is 1. The van der Waals surface area contributed by atoms with Crippen LogP contribution in [0.3, 0.4) is 0 Å². The van der Waals surface area contributed by atoms with E-state index >= 15 is 0 Å². The second-order valence-electron chi connectivity index (χ2n) is 6.28. The van der Waals surface area contributed by atoms with Crippen molar-refractivity contribution in [1.29, 1.82) is 0 Å². The van der Waals surface area contributed by atoms with Gasteiger partial charge in [0.05, 0.1) is 6.04 Å². The topological polar surface area (TPSA) is 66.0 Å². The van der Waals surface area contributed by atoms with E-state index in [2.05, 4.69) is 32.5 Å². The van der Waals surface area contributed by atoms with Gasteiger partial charge in [0, 0.05) is 26.7 Å². The molecule has 2 rings (SSSR count). The zero-order valence-electron chi connectivity index (χ0n) is 13.5. The molecule has 122 valence electrons. The molecule has 2 heterocycles. The van der Waals surface area contributed by atoms with E-state index in [0.29, 0.717) is 13.1 Å². The lowest BCUT2D eigenvalue weighted by Gasteiger charge is -2.40. The Kier molecular flexibility index (Phi) is 5.28. The quantitative estimate of drug-likeness (QED) is 0.659. The predicted octanol–water partition coefficient (Wildman–Crippen LogP) is 2.03. The number of nitrogens with zero attached hydrogens (tertiary/aromatic N) is 2. The van der Waals surface area contributed by atoms with Gasteiger partial charge in [-0.3, -0.25) is 4.99 Å². The fourth-order valence-corrected chi connectivity index (χ4v) is 2.68. The van der Waals surface area contributed by atoms with E-state index in [-0.39, 0.29) is 12.1 Å². The van der Waals surface area contributed by atoms with E-state index in [9.17, 15) is 4.79 Å². The molecule has 1 aliphatic heterocycles. The van der Waals surface area contributed by atoms with Gasteiger partial charge in [-0.1, -0.05) is 0 Å². The molecule has 1 saturated heterocycles. The molecule has 7 heteroatoms. The average molecular weight is 324 g/mol. The van der Waals surface area contributed by atoms with Crippen molar-refractivity contribution in [2.75, 3.05) is 20.1 Å². The fourth-order valence-electron chi connectivity index (χ4n) is 2.01. The number of hydrogen-bond acceptors (Lipinski definition) is 4. The van der Waals surface area contributed by atoms with Gasteiger partial charge in [0.1, 0.15) is 5.60 Å². The molecule has 0 unspecified atom stereocenters. The third kappa shape index (κ3) is 4.91. The van der Waals surface area contributed by atoms with Gasteiger partial charge in [-0.05, 0) is 43.2 Å². The summed E-state index contributed by atoms with van der Waals surface area (Å²) in [6.45, 7) is 7.62. The van der Waals surface area contributed by atoms with Crippen LogP contribution in [0.1, 0.15) is 26.3 Å². The van der Waals surface area contributed by atoms with Crippen molar-refractivity contribution in [3.63, 3.8) is 0 Å². The third-order valence-electron chi connectivity index (χ3n) is 3.14. The Morgan fingerprint density at radius 3 is 2.77 bits per heavy atom. The van der Waals surface area contributed by atoms with Gasteiger partial charge in [0.25, 0.3) is 0 Å². The molecule has 2 N–H and O–H groups in total. The smallest absolute Gasteiger partial charge is 0.410 e. The largest absolute Gasteiger partial charge is 0.444 e. The first-order valence-electron chi connectivity index (χ1n) is 7.33. The van der Waals surface area contributed by atoms with Crippen molar-refractivity contribution in [3.05, 3.63) is 22.4 Å². The van der Waals surface area contributed by atoms with Crippen LogP contribution in [0, 0.1) is 0 Å². The zero-order chi connectivity index (χ0) is 16.2. The van der Waals surface area contributed by atoms with Crippen LogP contribution in [0.25, 0.3) is 0 Å². The first-order valence-corrected chi connectivity index (χ1v) is 8.28. The van der Waals surface area contributed by atoms with Gasteiger partial charge in [-0.2, -0.15) is 11.3 Å². The maximum Gasteiger partial charge on any atom is 0.410 e. The van der Waals surface area contributed by atoms with Crippen LogP contribution >= 0.6 is 11.3 Å². The van der Waals surface area contributed by atoms with Crippen LogP contribution < -0.4 is 10.6 Å². The normalized spacial score (nSPS) is 16.2. The summed E-state index contributed by atoms with van der Waals surface area (Å²) in [6, 6.07) is 2.29. The molecule has 0 aromatic carbocycles. The van der Waals surface area contributed by atoms with E-state index in [1.165, 1.54) is 5.56 Å². The maximum absolute atomic E-state index is 11.9. The lowest BCUT2D eigenvalue weighted by Crippen LogP contribution is -2.63. The van der Waals surface area contributed by atoms with Crippen LogP contribution in [0.2, 0.25) is 0 Å². The standard InChI is InChI=1S/C15H24N4O2S/c1-15(2,3)21-14(20)19-8-12(9-19)18-13(16-4)17-7-11-5-6-22-10-11/h5-6,10,12H,7-9H2,1-4H3,(H2,16,17,18). The SMILES string of the molecule is CN=C(NCc1ccsc1)NC1CN(C(=O)OC(C)(C)C)C1. The molecule has 1 aliphatic rings. The lowest BCUT2D eigenvalue weighted by molar-refractivity contribution is 0.00701. The van der Waals surface area contributed by atoms with Gasteiger partial charge in [0.2, 0.25) is 0 Å². The molecule has 0 bridgehead atoms. The first kappa shape index (κ1) is 16.6. The van der Waals surface area contributed by atoms with Crippen molar-refractivity contribution in [1.82, 2.24) is 15.5 Å². The zero-order valence-corrected chi connectivity index (χ0v) is 14.4. The molecule has 0 radical (unpaired) electrons. The summed E-state index contributed by atoms with van der Waals surface area (Å²) < 4.78 is 5.33. The van der Waals surface area contributed by atoms with Crippen molar-refractivity contribution in [2.24, 2.45) is 4.99 Å². The second-order valence-corrected chi connectivity index (χ2v) is 7.06. The summed E-state index contributed by atoms with van der Waals surface area (Å²) in [5.74, 6) is 0.750. The monoisotopic (exact) mass is 324 g/mol. The number of nitrogens with one attached hydrogen (secondary N) is 2. The summed E-state index contributed by atoms with van der Waals surface area (Å²) >= 11 is 1.68. The van der Waals surface area contributed by atoms with E-state index < -0.39 is 5.60 Å². The fraction of sp³-hybridized carbons (Fsp3) is 0.600. The van der Waals surface area contributed by atoms with Crippen molar-refractivity contribution < 1.29 is 9.53 Å². The number of guanidine groups is 1. The average Bonchev–Trinajstić information content (AvgIpc) is 2.87. The number of carbonyl (C=O) groups is 1. The minimum absolute atomic E-state index is 0.209. The third-order valence-corrected chi connectivity index (χ3v) is 3.87. The maximum atomic E-state index is 11.9. The van der Waals surface area contributed by atoms with Crippen molar-refractivity contribution in [2.45, 2.75) is 39.0 Å². The molecule has 6 nitrogen and oxygen atoms in total. The first-order chi connectivity index (χ1) is 10.4. The summed E-state index contributed by atoms with van der Waals surface area (Å²) in [7, 11) is 1.74. The van der Waals surface area contributed by atoms with Crippen molar-refractivity contribution >= 4 is 23.4 Å². The summed E-state index contributed by atoms with van der Waals surface area (Å²) in [5.41, 5.74) is 0.783. The van der Waals surface area contributed by atoms with Gasteiger partial charge in [-0.15, -0.1) is 0 Å². The Morgan fingerprint density at radius 2 is 2.23 bits per heavy atom. The Morgan fingerprint density at radius 1 is 1.50 bits per heavy atom. The number of likely N-dealkylation sites (tertiary alicyclic amines) is 1. The number of rotatable bonds is 3. The van der Waals surface area contributed by atoms with Crippen LogP contribution in [0.5, 0.6) is 0 Å². The van der Waals surface area contributed by atoms with E-state index in [1.54, 1.807) is 23.3 Å². The molecule has 1 fully saturated rings. The second kappa shape index (κ2) is 7.00. The van der Waals surface area contributed by atoms with E-state index in [4.69, 9.17) is 4.74 Å². The number of thiophene rings is 1. The van der Waals surface area contributed by atoms with Crippen LogP contribution in [0.15, 0.2) is 21.8 Å². The summed E-state index contributed by atoms with van der Waals surface area (Å²) in [6.07, 6.45) is -0.258. The highest BCUT2D eigenvalue weighted by atomic mass is 32.1. The lowest BCUT2D eigenvalue weighted by atomic mass is 10.1. The van der Waals surface area contributed by atoms with Gasteiger partial charge in [0.15, 0.2) is 5.96 Å². The minimum Gasteiger partial charge on any atom is -0.444 e. The molecule has 1 aromatic heterocycles. The van der Waals surface area contributed by atoms with Crippen LogP contribution in [0.4, 0.5) is 4.79 Å². The molecule has 1 aromatic rings. The minimum atomic E-state index is -0.451. The number of hydrogen-bond donors (Lipinski definition) is 2. The Labute approximate surface area is 135 Å². The highest BCUT2D eigenvalue weighted by molar-refractivity contribution is 7.07. The predicted molar refractivity (Wildman–Crippen MR) is 89.2 cm³/mol. The molecular formula is C15H24N4O2S. The number of carbonyl (C=O) groups excluding carboxylic acids is 1. The molecule has 0 saturated carbocycles. The summed E-state index contributed by atoms with van der Waals surface area (Å²) in [5, 5.41) is 10.7. The Balaban J connectivity index is 1.70. The van der Waals surface area contributed by atoms with Gasteiger partial charge >= 0.3 is 6.09 Å². The molecule has 22 heavy (non-hydrogen) atoms. The van der Waals surface area contributed by atoms with Gasteiger partial charge < -0.3 is 20.3 Å². The van der Waals surface area contributed by atoms with Gasteiger partial charge in [-0.25, -0.2) is 4.79 Å². The number of amides is 1. The Hall–Kier alpha value is -1.76. The molecule has 0 spiro atoms. The molecule has 0 aliphatic carbocycles.